The zero-order valence-corrected chi connectivity index (χ0v) is 16.1. The van der Waals surface area contributed by atoms with E-state index in [1.165, 1.54) is 0 Å². The molecule has 146 valence electrons. The van der Waals surface area contributed by atoms with Gasteiger partial charge in [0, 0.05) is 37.5 Å². The molecule has 2 unspecified atom stereocenters. The number of aromatic nitrogens is 2. The molecule has 0 radical (unpaired) electrons. The molecule has 1 aromatic heterocycles. The molecule has 2 aromatic rings. The van der Waals surface area contributed by atoms with Crippen LogP contribution < -0.4 is 10.5 Å². The molecular formula is C20H28N4O3. The van der Waals surface area contributed by atoms with Gasteiger partial charge in [-0.2, -0.15) is 4.98 Å². The third-order valence-corrected chi connectivity index (χ3v) is 5.01. The number of amides is 1. The lowest BCUT2D eigenvalue weighted by molar-refractivity contribution is -0.135. The summed E-state index contributed by atoms with van der Waals surface area (Å²) in [6.45, 7) is 6.08. The molecule has 3 rings (SSSR count). The molecule has 1 aliphatic rings. The Labute approximate surface area is 159 Å². The lowest BCUT2D eigenvalue weighted by atomic mass is 9.92. The molecule has 2 N–H and O–H groups in total. The van der Waals surface area contributed by atoms with Gasteiger partial charge >= 0.3 is 0 Å². The maximum Gasteiger partial charge on any atom is 0.227 e. The Morgan fingerprint density at radius 1 is 1.37 bits per heavy atom. The van der Waals surface area contributed by atoms with Gasteiger partial charge in [0.25, 0.3) is 0 Å². The van der Waals surface area contributed by atoms with Gasteiger partial charge in [0.1, 0.15) is 5.75 Å². The summed E-state index contributed by atoms with van der Waals surface area (Å²) in [6.07, 6.45) is 2.80. The van der Waals surface area contributed by atoms with Crippen molar-refractivity contribution in [2.24, 2.45) is 11.7 Å². The third kappa shape index (κ3) is 4.86. The molecular weight excluding hydrogens is 344 g/mol. The quantitative estimate of drug-likeness (QED) is 0.803. The monoisotopic (exact) mass is 372 g/mol. The summed E-state index contributed by atoms with van der Waals surface area (Å²) < 4.78 is 10.8. The van der Waals surface area contributed by atoms with E-state index in [1.54, 1.807) is 0 Å². The van der Waals surface area contributed by atoms with Crippen LogP contribution in [0, 0.1) is 5.92 Å². The van der Waals surface area contributed by atoms with E-state index in [0.29, 0.717) is 43.6 Å². The number of rotatable bonds is 7. The number of benzene rings is 1. The van der Waals surface area contributed by atoms with E-state index < -0.39 is 0 Å². The highest BCUT2D eigenvalue weighted by molar-refractivity contribution is 5.76. The minimum atomic E-state index is 0.109. The number of ether oxygens (including phenoxy) is 1. The first-order valence-corrected chi connectivity index (χ1v) is 9.66. The number of nitrogens with zero attached hydrogens (tertiary/aromatic N) is 3. The average Bonchev–Trinajstić information content (AvgIpc) is 3.16. The number of likely N-dealkylation sites (tertiary alicyclic amines) is 1. The second kappa shape index (κ2) is 8.99. The largest absolute Gasteiger partial charge is 0.494 e. The summed E-state index contributed by atoms with van der Waals surface area (Å²) in [7, 11) is 0. The van der Waals surface area contributed by atoms with Gasteiger partial charge < -0.3 is 19.9 Å². The van der Waals surface area contributed by atoms with E-state index in [2.05, 4.69) is 17.1 Å². The molecule has 1 aliphatic heterocycles. The van der Waals surface area contributed by atoms with Gasteiger partial charge in [-0.25, -0.2) is 0 Å². The zero-order chi connectivity index (χ0) is 19.2. The van der Waals surface area contributed by atoms with Crippen molar-refractivity contribution in [3.8, 4) is 17.1 Å². The van der Waals surface area contributed by atoms with E-state index in [9.17, 15) is 4.79 Å². The van der Waals surface area contributed by atoms with Gasteiger partial charge in [-0.15, -0.1) is 0 Å². The summed E-state index contributed by atoms with van der Waals surface area (Å²) >= 11 is 0. The van der Waals surface area contributed by atoms with E-state index in [4.69, 9.17) is 15.0 Å². The highest BCUT2D eigenvalue weighted by atomic mass is 16.5. The van der Waals surface area contributed by atoms with Crippen LogP contribution in [0.4, 0.5) is 0 Å². The van der Waals surface area contributed by atoms with Gasteiger partial charge in [0.2, 0.25) is 17.6 Å². The van der Waals surface area contributed by atoms with Crippen molar-refractivity contribution in [1.82, 2.24) is 15.0 Å². The van der Waals surface area contributed by atoms with Crippen molar-refractivity contribution in [1.29, 1.82) is 0 Å². The molecule has 0 saturated carbocycles. The molecule has 2 heterocycles. The van der Waals surface area contributed by atoms with Crippen molar-refractivity contribution >= 4 is 5.91 Å². The Balaban J connectivity index is 1.57. The fourth-order valence-corrected chi connectivity index (χ4v) is 3.50. The summed E-state index contributed by atoms with van der Waals surface area (Å²) in [5.74, 6) is 2.53. The van der Waals surface area contributed by atoms with E-state index >= 15 is 0 Å². The van der Waals surface area contributed by atoms with Gasteiger partial charge in [-0.1, -0.05) is 12.1 Å². The van der Waals surface area contributed by atoms with Crippen LogP contribution in [0.2, 0.25) is 0 Å². The second-order valence-corrected chi connectivity index (χ2v) is 7.08. The molecule has 7 nitrogen and oxygen atoms in total. The number of carbonyl (C=O) groups excluding carboxylic acids is 1. The Kier molecular flexibility index (Phi) is 6.45. The van der Waals surface area contributed by atoms with E-state index in [0.717, 1.165) is 30.7 Å². The summed E-state index contributed by atoms with van der Waals surface area (Å²) in [6, 6.07) is 7.69. The molecule has 1 saturated heterocycles. The number of carbonyl (C=O) groups is 1. The topological polar surface area (TPSA) is 94.5 Å². The number of hydrogen-bond acceptors (Lipinski definition) is 6. The molecule has 1 fully saturated rings. The van der Waals surface area contributed by atoms with Gasteiger partial charge in [-0.05, 0) is 49.9 Å². The van der Waals surface area contributed by atoms with Crippen LogP contribution in [0.15, 0.2) is 28.8 Å². The first-order valence-electron chi connectivity index (χ1n) is 9.66. The minimum absolute atomic E-state index is 0.109. The summed E-state index contributed by atoms with van der Waals surface area (Å²) in [4.78, 5) is 18.9. The molecule has 0 bridgehead atoms. The maximum absolute atomic E-state index is 12.6. The first kappa shape index (κ1) is 19.4. The van der Waals surface area contributed by atoms with Gasteiger partial charge in [0.05, 0.1) is 6.61 Å². The van der Waals surface area contributed by atoms with Crippen LogP contribution in [0.25, 0.3) is 11.4 Å². The Bertz CT molecular complexity index is 744. The number of piperidine rings is 1. The molecule has 1 aromatic carbocycles. The number of hydrogen-bond donors (Lipinski definition) is 1. The van der Waals surface area contributed by atoms with E-state index in [1.807, 2.05) is 36.1 Å². The standard InChI is InChI=1S/C20H28N4O3/c1-3-26-17-6-4-15(5-7-17)20-22-18(27-23-20)8-9-19(25)24-11-10-14(2)12-16(24)13-21/h4-7,14,16H,3,8-13,21H2,1-2H3. The van der Waals surface area contributed by atoms with Crippen molar-refractivity contribution in [3.05, 3.63) is 30.2 Å². The van der Waals surface area contributed by atoms with E-state index in [-0.39, 0.29) is 11.9 Å². The van der Waals surface area contributed by atoms with Crippen molar-refractivity contribution in [2.75, 3.05) is 19.7 Å². The Morgan fingerprint density at radius 3 is 2.85 bits per heavy atom. The predicted octanol–water partition coefficient (Wildman–Crippen LogP) is 2.65. The SMILES string of the molecule is CCOc1ccc(-c2noc(CCC(=O)N3CCC(C)CC3CN)n2)cc1. The average molecular weight is 372 g/mol. The van der Waals surface area contributed by atoms with Crippen LogP contribution in [0.3, 0.4) is 0 Å². The minimum Gasteiger partial charge on any atom is -0.494 e. The van der Waals surface area contributed by atoms with Crippen molar-refractivity contribution in [3.63, 3.8) is 0 Å². The highest BCUT2D eigenvalue weighted by Crippen LogP contribution is 2.23. The van der Waals surface area contributed by atoms with Crippen LogP contribution in [-0.4, -0.2) is 46.7 Å². The second-order valence-electron chi connectivity index (χ2n) is 7.08. The Morgan fingerprint density at radius 2 is 2.15 bits per heavy atom. The third-order valence-electron chi connectivity index (χ3n) is 5.01. The molecule has 1 amide bonds. The lowest BCUT2D eigenvalue weighted by Gasteiger charge is -2.38. The molecule has 0 aliphatic carbocycles. The van der Waals surface area contributed by atoms with Crippen molar-refractivity contribution < 1.29 is 14.1 Å². The number of aryl methyl sites for hydroxylation is 1. The van der Waals surface area contributed by atoms with Gasteiger partial charge in [-0.3, -0.25) is 4.79 Å². The normalized spacial score (nSPS) is 19.9. The van der Waals surface area contributed by atoms with Crippen LogP contribution >= 0.6 is 0 Å². The maximum atomic E-state index is 12.6. The molecule has 27 heavy (non-hydrogen) atoms. The first-order chi connectivity index (χ1) is 13.1. The fourth-order valence-electron chi connectivity index (χ4n) is 3.50. The van der Waals surface area contributed by atoms with Crippen molar-refractivity contribution in [2.45, 2.75) is 45.6 Å². The van der Waals surface area contributed by atoms with Crippen LogP contribution in [0.1, 0.15) is 39.0 Å². The lowest BCUT2D eigenvalue weighted by Crippen LogP contribution is -2.49. The fraction of sp³-hybridized carbons (Fsp3) is 0.550. The highest BCUT2D eigenvalue weighted by Gasteiger charge is 2.28. The van der Waals surface area contributed by atoms with Crippen LogP contribution in [0.5, 0.6) is 5.75 Å². The zero-order valence-electron chi connectivity index (χ0n) is 16.1. The molecule has 2 atom stereocenters. The van der Waals surface area contributed by atoms with Crippen LogP contribution in [-0.2, 0) is 11.2 Å². The Hall–Kier alpha value is -2.41. The molecule has 7 heteroatoms. The summed E-state index contributed by atoms with van der Waals surface area (Å²) in [5, 5.41) is 4.02. The number of nitrogens with two attached hydrogens (primary N) is 1. The molecule has 0 spiro atoms. The smallest absolute Gasteiger partial charge is 0.227 e. The summed E-state index contributed by atoms with van der Waals surface area (Å²) in [5.41, 5.74) is 6.71. The predicted molar refractivity (Wildman–Crippen MR) is 102 cm³/mol. The van der Waals surface area contributed by atoms with Gasteiger partial charge in [0.15, 0.2) is 0 Å².